The van der Waals surface area contributed by atoms with Gasteiger partial charge in [0, 0.05) is 53.7 Å². The van der Waals surface area contributed by atoms with Gasteiger partial charge in [0.1, 0.15) is 5.65 Å². The molecular weight excluding hydrogens is 624 g/mol. The Morgan fingerprint density at radius 3 is 2.55 bits per heavy atom. The first-order chi connectivity index (χ1) is 22.7. The largest absolute Gasteiger partial charge is 0.336 e. The summed E-state index contributed by atoms with van der Waals surface area (Å²) in [6.07, 6.45) is 2.13. The molecule has 2 aliphatic heterocycles. The van der Waals surface area contributed by atoms with Crippen LogP contribution < -0.4 is 10.2 Å². The molecule has 242 valence electrons. The van der Waals surface area contributed by atoms with Crippen LogP contribution in [0, 0.1) is 12.8 Å². The van der Waals surface area contributed by atoms with E-state index < -0.39 is 12.5 Å². The second-order valence-electron chi connectivity index (χ2n) is 11.9. The minimum absolute atomic E-state index is 0.0768. The van der Waals surface area contributed by atoms with Crippen molar-refractivity contribution < 1.29 is 18.4 Å². The molecule has 7 rings (SSSR count). The number of nitrogens with one attached hydrogen (secondary N) is 2. The summed E-state index contributed by atoms with van der Waals surface area (Å²) < 4.78 is 29.3. The molecule has 47 heavy (non-hydrogen) atoms. The summed E-state index contributed by atoms with van der Waals surface area (Å²) >= 11 is 1.40. The Balaban J connectivity index is 1.06. The number of alkyl halides is 2. The highest BCUT2D eigenvalue weighted by Crippen LogP contribution is 2.33. The van der Waals surface area contributed by atoms with Crippen LogP contribution in [0.2, 0.25) is 0 Å². The van der Waals surface area contributed by atoms with Crippen LogP contribution in [0.4, 0.5) is 31.9 Å². The van der Waals surface area contributed by atoms with Crippen LogP contribution in [-0.4, -0.2) is 84.8 Å². The van der Waals surface area contributed by atoms with Crippen molar-refractivity contribution in [2.24, 2.45) is 5.92 Å². The van der Waals surface area contributed by atoms with Crippen molar-refractivity contribution in [3.05, 3.63) is 84.7 Å². The van der Waals surface area contributed by atoms with Gasteiger partial charge in [-0.15, -0.1) is 0 Å². The van der Waals surface area contributed by atoms with E-state index in [1.165, 1.54) is 16.7 Å². The van der Waals surface area contributed by atoms with E-state index in [4.69, 9.17) is 9.97 Å². The molecule has 11 nitrogen and oxygen atoms in total. The average molecular weight is 658 g/mol. The van der Waals surface area contributed by atoms with Crippen molar-refractivity contribution in [1.29, 1.82) is 0 Å². The van der Waals surface area contributed by atoms with Crippen molar-refractivity contribution in [2.75, 3.05) is 42.9 Å². The molecule has 2 fully saturated rings. The van der Waals surface area contributed by atoms with Gasteiger partial charge in [0.25, 0.3) is 5.92 Å². The van der Waals surface area contributed by atoms with Gasteiger partial charge in [-0.2, -0.15) is 10.1 Å². The highest BCUT2D eigenvalue weighted by atomic mass is 32.2. The maximum absolute atomic E-state index is 13.8. The van der Waals surface area contributed by atoms with Crippen molar-refractivity contribution in [3.63, 3.8) is 0 Å². The van der Waals surface area contributed by atoms with Gasteiger partial charge >= 0.3 is 0 Å². The maximum atomic E-state index is 13.8. The molecule has 2 amide bonds. The van der Waals surface area contributed by atoms with Crippen LogP contribution in [0.15, 0.2) is 89.0 Å². The van der Waals surface area contributed by atoms with Crippen molar-refractivity contribution in [3.8, 4) is 0 Å². The molecule has 3 aromatic heterocycles. The zero-order valence-corrected chi connectivity index (χ0v) is 26.5. The molecule has 5 aromatic rings. The van der Waals surface area contributed by atoms with E-state index in [9.17, 15) is 18.4 Å². The third kappa shape index (κ3) is 6.83. The molecule has 5 heterocycles. The summed E-state index contributed by atoms with van der Waals surface area (Å²) in [4.78, 5) is 41.9. The summed E-state index contributed by atoms with van der Waals surface area (Å²) in [5, 5.41) is 11.0. The number of fused-ring (bicyclic) bond motifs is 1. The Kier molecular flexibility index (Phi) is 8.37. The Morgan fingerprint density at radius 1 is 1.04 bits per heavy atom. The van der Waals surface area contributed by atoms with Crippen LogP contribution in [-0.2, 0) is 9.59 Å². The maximum Gasteiger partial charge on any atom is 0.267 e. The van der Waals surface area contributed by atoms with E-state index in [-0.39, 0.29) is 37.2 Å². The van der Waals surface area contributed by atoms with Crippen molar-refractivity contribution in [2.45, 2.75) is 35.7 Å². The Morgan fingerprint density at radius 2 is 1.83 bits per heavy atom. The number of hydrogen-bond acceptors (Lipinski definition) is 8. The first kappa shape index (κ1) is 30.8. The SMILES string of the molecule is Cc1cc(Nc2nc(Sc3ccc(N(C(=O)CN4CCC(C(=O)N5CCC(F)(F)C5)C4)c4ccccc4)cc3)nc3cccn23)n[nH]1. The molecule has 0 saturated carbocycles. The first-order valence-corrected chi connectivity index (χ1v) is 16.2. The number of hydrogen-bond donors (Lipinski definition) is 2. The second-order valence-corrected chi connectivity index (χ2v) is 12.9. The number of halogens is 2. The highest BCUT2D eigenvalue weighted by molar-refractivity contribution is 7.99. The smallest absolute Gasteiger partial charge is 0.267 e. The van der Waals surface area contributed by atoms with Gasteiger partial charge in [-0.1, -0.05) is 18.2 Å². The number of anilines is 4. The summed E-state index contributed by atoms with van der Waals surface area (Å²) in [7, 11) is 0. The Bertz CT molecular complexity index is 1900. The molecule has 2 saturated heterocycles. The Hall–Kier alpha value is -4.82. The summed E-state index contributed by atoms with van der Waals surface area (Å²) in [6.45, 7) is 2.50. The molecule has 2 N–H and O–H groups in total. The molecule has 1 atom stereocenters. The predicted molar refractivity (Wildman–Crippen MR) is 174 cm³/mol. The normalized spacial score (nSPS) is 17.8. The zero-order chi connectivity index (χ0) is 32.5. The van der Waals surface area contributed by atoms with Crippen LogP contribution in [0.25, 0.3) is 5.65 Å². The number of aromatic amines is 1. The zero-order valence-electron chi connectivity index (χ0n) is 25.6. The minimum Gasteiger partial charge on any atom is -0.336 e. The summed E-state index contributed by atoms with van der Waals surface area (Å²) in [5.41, 5.74) is 3.07. The lowest BCUT2D eigenvalue weighted by Crippen LogP contribution is -2.39. The number of amides is 2. The third-order valence-corrected chi connectivity index (χ3v) is 9.22. The van der Waals surface area contributed by atoms with Crippen LogP contribution in [0.1, 0.15) is 18.5 Å². The van der Waals surface area contributed by atoms with E-state index in [0.29, 0.717) is 42.1 Å². The van der Waals surface area contributed by atoms with Crippen LogP contribution in [0.5, 0.6) is 0 Å². The lowest BCUT2D eigenvalue weighted by Gasteiger charge is -2.26. The van der Waals surface area contributed by atoms with Crippen molar-refractivity contribution >= 4 is 52.4 Å². The fourth-order valence-corrected chi connectivity index (χ4v) is 6.80. The Labute approximate surface area is 274 Å². The molecule has 0 radical (unpaired) electrons. The molecular formula is C33H33F2N9O2S. The topological polar surface area (TPSA) is 115 Å². The fourth-order valence-electron chi connectivity index (χ4n) is 6.04. The summed E-state index contributed by atoms with van der Waals surface area (Å²) in [6, 6.07) is 22.7. The van der Waals surface area contributed by atoms with Gasteiger partial charge in [-0.25, -0.2) is 13.8 Å². The summed E-state index contributed by atoms with van der Waals surface area (Å²) in [5.74, 6) is -2.37. The van der Waals surface area contributed by atoms with E-state index in [1.807, 2.05) is 95.2 Å². The number of para-hydroxylation sites is 1. The number of carbonyl (C=O) groups is 2. The lowest BCUT2D eigenvalue weighted by atomic mass is 10.1. The predicted octanol–water partition coefficient (Wildman–Crippen LogP) is 5.51. The monoisotopic (exact) mass is 657 g/mol. The van der Waals surface area contributed by atoms with Gasteiger partial charge < -0.3 is 10.2 Å². The van der Waals surface area contributed by atoms with Gasteiger partial charge in [-0.05, 0) is 80.2 Å². The first-order valence-electron chi connectivity index (χ1n) is 15.4. The quantitative estimate of drug-likeness (QED) is 0.213. The van der Waals surface area contributed by atoms with Crippen LogP contribution >= 0.6 is 11.8 Å². The molecule has 2 aromatic carbocycles. The fraction of sp³-hybridized carbons (Fsp3) is 0.303. The van der Waals surface area contributed by atoms with Crippen molar-refractivity contribution in [1.82, 2.24) is 34.4 Å². The van der Waals surface area contributed by atoms with Gasteiger partial charge in [0.2, 0.25) is 17.8 Å². The van der Waals surface area contributed by atoms with Gasteiger partial charge in [0.05, 0.1) is 19.0 Å². The average Bonchev–Trinajstić information content (AvgIpc) is 3.87. The van der Waals surface area contributed by atoms with E-state index in [0.717, 1.165) is 21.9 Å². The highest BCUT2D eigenvalue weighted by Gasteiger charge is 2.43. The van der Waals surface area contributed by atoms with Crippen LogP contribution in [0.3, 0.4) is 0 Å². The number of H-pyrrole nitrogens is 1. The molecule has 14 heteroatoms. The van der Waals surface area contributed by atoms with Gasteiger partial charge in [-0.3, -0.25) is 28.9 Å². The number of carbonyl (C=O) groups excluding carboxylic acids is 2. The van der Waals surface area contributed by atoms with E-state index in [2.05, 4.69) is 15.5 Å². The molecule has 2 aliphatic rings. The molecule has 0 bridgehead atoms. The van der Waals surface area contributed by atoms with E-state index >= 15 is 0 Å². The van der Waals surface area contributed by atoms with E-state index in [1.54, 1.807) is 4.90 Å². The number of rotatable bonds is 9. The number of aromatic nitrogens is 5. The molecule has 0 spiro atoms. The number of nitrogens with zero attached hydrogens (tertiary/aromatic N) is 7. The minimum atomic E-state index is -2.82. The molecule has 1 unspecified atom stereocenters. The standard InChI is InChI=1S/C33H33F2N9O2S/c1-22-18-27(40-39-22)36-31-38-32(37-28-8-5-15-43(28)31)47-26-11-9-25(10-12-26)44(24-6-3-2-4-7-24)29(45)20-41-16-13-23(19-41)30(46)42-17-14-33(34,35)21-42/h2-12,15,18,23H,13-14,16-17,19-21H2,1H3,(H2,36,37,38,39,40). The second kappa shape index (κ2) is 12.8. The molecule has 0 aliphatic carbocycles. The number of benzene rings is 2. The third-order valence-electron chi connectivity index (χ3n) is 8.34. The number of likely N-dealkylation sites (tertiary alicyclic amines) is 2. The van der Waals surface area contributed by atoms with Gasteiger partial charge in [0.15, 0.2) is 11.0 Å². The lowest BCUT2D eigenvalue weighted by molar-refractivity contribution is -0.135. The number of aryl methyl sites for hydroxylation is 1.